The van der Waals surface area contributed by atoms with Gasteiger partial charge in [0.15, 0.2) is 16.5 Å². The lowest BCUT2D eigenvalue weighted by atomic mass is 9.88. The Kier molecular flexibility index (Phi) is 5.51. The molecular weight excluding hydrogens is 375 g/mol. The molecule has 0 radical (unpaired) electrons. The van der Waals surface area contributed by atoms with E-state index in [2.05, 4.69) is 21.0 Å². The predicted molar refractivity (Wildman–Crippen MR) is 97.8 cm³/mol. The van der Waals surface area contributed by atoms with Crippen LogP contribution in [0.15, 0.2) is 12.4 Å². The fourth-order valence-electron chi connectivity index (χ4n) is 2.96. The number of aromatic nitrogens is 3. The number of ether oxygens (including phenoxy) is 2. The van der Waals surface area contributed by atoms with Crippen LogP contribution in [0.3, 0.4) is 0 Å². The molecule has 0 N–H and O–H groups in total. The lowest BCUT2D eigenvalue weighted by Crippen LogP contribution is -2.25. The van der Waals surface area contributed by atoms with Crippen LogP contribution >= 0.6 is 11.6 Å². The van der Waals surface area contributed by atoms with Gasteiger partial charge in [-0.05, 0) is 40.0 Å². The Morgan fingerprint density at radius 2 is 2.22 bits per heavy atom. The van der Waals surface area contributed by atoms with Crippen LogP contribution in [0, 0.1) is 17.8 Å². The molecule has 1 fully saturated rings. The summed E-state index contributed by atoms with van der Waals surface area (Å²) in [6.45, 7) is 5.33. The monoisotopic (exact) mass is 395 g/mol. The Labute approximate surface area is 161 Å². The summed E-state index contributed by atoms with van der Waals surface area (Å²) in [5, 5.41) is 4.04. The highest BCUT2D eigenvalue weighted by molar-refractivity contribution is 6.29. The van der Waals surface area contributed by atoms with E-state index >= 15 is 0 Å². The molecule has 2 aromatic rings. The molecule has 3 rings (SSSR count). The average molecular weight is 396 g/mol. The second kappa shape index (κ2) is 7.69. The van der Waals surface area contributed by atoms with Gasteiger partial charge in [-0.1, -0.05) is 11.6 Å². The van der Waals surface area contributed by atoms with Crippen LogP contribution in [-0.2, 0) is 4.74 Å². The summed E-state index contributed by atoms with van der Waals surface area (Å²) >= 11 is 5.96. The van der Waals surface area contributed by atoms with Gasteiger partial charge >= 0.3 is 6.09 Å². The Bertz CT molecular complexity index is 913. The molecule has 2 heterocycles. The van der Waals surface area contributed by atoms with Gasteiger partial charge in [0.2, 0.25) is 5.88 Å². The van der Waals surface area contributed by atoms with E-state index in [4.69, 9.17) is 21.1 Å². The van der Waals surface area contributed by atoms with Gasteiger partial charge in [-0.15, -0.1) is 0 Å². The van der Waals surface area contributed by atoms with Crippen LogP contribution in [0.5, 0.6) is 5.88 Å². The molecule has 1 unspecified atom stereocenters. The van der Waals surface area contributed by atoms with Gasteiger partial charge in [0.25, 0.3) is 6.07 Å². The number of hydrogen-bond acceptors (Lipinski definition) is 5. The van der Waals surface area contributed by atoms with Gasteiger partial charge in [0.1, 0.15) is 11.7 Å². The molecule has 9 heteroatoms. The number of fused-ring (bicyclic) bond motifs is 1. The molecule has 144 valence electrons. The first kappa shape index (κ1) is 19.4. The first-order valence-electron chi connectivity index (χ1n) is 8.76. The van der Waals surface area contributed by atoms with Crippen molar-refractivity contribution in [2.45, 2.75) is 58.2 Å². The molecule has 0 aromatic carbocycles. The number of hydrogen-bond donors (Lipinski definition) is 0. The van der Waals surface area contributed by atoms with E-state index in [1.807, 2.05) is 0 Å². The van der Waals surface area contributed by atoms with Gasteiger partial charge in [0.05, 0.1) is 23.2 Å². The van der Waals surface area contributed by atoms with E-state index in [-0.39, 0.29) is 28.6 Å². The van der Waals surface area contributed by atoms with Crippen LogP contribution in [0.2, 0.25) is 5.15 Å². The van der Waals surface area contributed by atoms with Crippen molar-refractivity contribution in [1.82, 2.24) is 14.6 Å². The quantitative estimate of drug-likeness (QED) is 0.735. The van der Waals surface area contributed by atoms with Gasteiger partial charge in [-0.2, -0.15) is 14.9 Å². The molecule has 1 saturated carbocycles. The summed E-state index contributed by atoms with van der Waals surface area (Å²) in [6.07, 6.45) is 4.70. The number of halogens is 2. The predicted octanol–water partition coefficient (Wildman–Crippen LogP) is 4.73. The lowest BCUT2D eigenvalue weighted by Gasteiger charge is -2.24. The first-order chi connectivity index (χ1) is 12.7. The minimum absolute atomic E-state index is 0.0544. The number of rotatable bonds is 2. The third kappa shape index (κ3) is 5.07. The lowest BCUT2D eigenvalue weighted by molar-refractivity contribution is 0.0663. The number of nitrogens with zero attached hydrogens (tertiary/aromatic N) is 4. The molecule has 0 saturated heterocycles. The topological polar surface area (TPSA) is 70.1 Å². The molecule has 2 atom stereocenters. The van der Waals surface area contributed by atoms with Gasteiger partial charge in [-0.25, -0.2) is 8.91 Å². The zero-order valence-corrected chi connectivity index (χ0v) is 16.2. The fraction of sp³-hybridized carbons (Fsp3) is 0.556. The summed E-state index contributed by atoms with van der Waals surface area (Å²) in [4.78, 5) is 19.6. The van der Waals surface area contributed by atoms with Crippen molar-refractivity contribution in [3.05, 3.63) is 28.2 Å². The van der Waals surface area contributed by atoms with E-state index in [1.54, 1.807) is 20.8 Å². The van der Waals surface area contributed by atoms with Crippen molar-refractivity contribution in [3.8, 4) is 11.9 Å². The van der Waals surface area contributed by atoms with Crippen molar-refractivity contribution >= 4 is 23.2 Å². The van der Waals surface area contributed by atoms with Crippen LogP contribution in [-0.4, -0.2) is 32.4 Å². The summed E-state index contributed by atoms with van der Waals surface area (Å²) in [5.41, 5.74) is -0.452. The zero-order valence-electron chi connectivity index (χ0n) is 15.4. The van der Waals surface area contributed by atoms with Gasteiger partial charge in [0, 0.05) is 6.42 Å². The van der Waals surface area contributed by atoms with Crippen LogP contribution in [0.1, 0.15) is 46.5 Å². The van der Waals surface area contributed by atoms with Gasteiger partial charge < -0.3 is 9.47 Å². The van der Waals surface area contributed by atoms with E-state index in [0.29, 0.717) is 6.42 Å². The molecule has 7 nitrogen and oxygen atoms in total. The molecule has 1 aliphatic carbocycles. The molecule has 0 spiro atoms. The molecule has 0 aliphatic heterocycles. The molecule has 0 bridgehead atoms. The number of carbonyl (C=O) groups excluding carboxylic acids is 1. The summed E-state index contributed by atoms with van der Waals surface area (Å²) < 4.78 is 26.3. The SMILES string of the molecule is CC(C)(C)OC(=O)[N+]#CC1CCC[C@@H](Oc2nc(Cl)cn3ncc(F)c23)C1. The van der Waals surface area contributed by atoms with Crippen LogP contribution in [0.4, 0.5) is 9.18 Å². The fourth-order valence-corrected chi connectivity index (χ4v) is 3.13. The normalized spacial score (nSPS) is 20.0. The average Bonchev–Trinajstić information content (AvgIpc) is 2.93. The maximum absolute atomic E-state index is 14.0. The summed E-state index contributed by atoms with van der Waals surface area (Å²) in [5.74, 6) is -0.479. The largest absolute Gasteiger partial charge is 0.728 e. The minimum atomic E-state index is -0.662. The Balaban J connectivity index is 1.69. The van der Waals surface area contributed by atoms with Crippen molar-refractivity contribution in [1.29, 1.82) is 0 Å². The molecular formula is C18H21ClFN4O3+. The number of carbonyl (C=O) groups is 1. The first-order valence-corrected chi connectivity index (χ1v) is 9.14. The Morgan fingerprint density at radius 1 is 1.44 bits per heavy atom. The standard InChI is InChI=1S/C18H21ClFN4O3/c1-18(2,3)27-17(25)21-8-11-5-4-6-12(7-11)26-16-15-13(20)9-22-24(15)10-14(19)23-16/h9-12H,4-7H2,1-3H3/q+1/t11?,12-/m1/s1. The molecule has 1 amide bonds. The molecule has 27 heavy (non-hydrogen) atoms. The molecule has 1 aliphatic rings. The van der Waals surface area contributed by atoms with Crippen LogP contribution in [0.25, 0.3) is 10.4 Å². The van der Waals surface area contributed by atoms with E-state index in [0.717, 1.165) is 25.5 Å². The van der Waals surface area contributed by atoms with E-state index in [9.17, 15) is 9.18 Å². The summed E-state index contributed by atoms with van der Waals surface area (Å²) in [6, 6.07) is 2.85. The van der Waals surface area contributed by atoms with Gasteiger partial charge in [-0.3, -0.25) is 0 Å². The third-order valence-corrected chi connectivity index (χ3v) is 4.21. The minimum Gasteiger partial charge on any atom is -0.473 e. The van der Waals surface area contributed by atoms with Crippen molar-refractivity contribution < 1.29 is 18.7 Å². The highest BCUT2D eigenvalue weighted by Gasteiger charge is 2.29. The maximum atomic E-state index is 14.0. The highest BCUT2D eigenvalue weighted by Crippen LogP contribution is 2.30. The maximum Gasteiger partial charge on any atom is 0.728 e. The third-order valence-electron chi connectivity index (χ3n) is 4.03. The zero-order chi connectivity index (χ0) is 19.6. The van der Waals surface area contributed by atoms with E-state index < -0.39 is 17.5 Å². The van der Waals surface area contributed by atoms with E-state index in [1.165, 1.54) is 10.7 Å². The number of amides is 1. The Hall–Kier alpha value is -2.40. The molecule has 2 aromatic heterocycles. The van der Waals surface area contributed by atoms with Crippen molar-refractivity contribution in [3.63, 3.8) is 0 Å². The van der Waals surface area contributed by atoms with Crippen molar-refractivity contribution in [2.24, 2.45) is 5.92 Å². The Morgan fingerprint density at radius 3 is 2.96 bits per heavy atom. The second-order valence-corrected chi connectivity index (χ2v) is 7.87. The van der Waals surface area contributed by atoms with Crippen LogP contribution < -0.4 is 4.74 Å². The summed E-state index contributed by atoms with van der Waals surface area (Å²) in [7, 11) is 0. The second-order valence-electron chi connectivity index (χ2n) is 7.48. The van der Waals surface area contributed by atoms with Crippen molar-refractivity contribution in [2.75, 3.05) is 0 Å². The smallest absolute Gasteiger partial charge is 0.473 e. The highest BCUT2D eigenvalue weighted by atomic mass is 35.5.